The molecule has 1 aromatic rings. The molecule has 1 saturated heterocycles. The second-order valence-electron chi connectivity index (χ2n) is 5.97. The molecule has 2 N–H and O–H groups in total. The van der Waals surface area contributed by atoms with Crippen molar-refractivity contribution < 1.29 is 9.84 Å². The Kier molecular flexibility index (Phi) is 8.49. The van der Waals surface area contributed by atoms with Gasteiger partial charge in [0, 0.05) is 32.3 Å². The number of benzene rings is 1. The van der Waals surface area contributed by atoms with Gasteiger partial charge >= 0.3 is 0 Å². The highest BCUT2D eigenvalue weighted by Gasteiger charge is 2.17. The second kappa shape index (κ2) is 10.7. The molecule has 0 saturated carbocycles. The summed E-state index contributed by atoms with van der Waals surface area (Å²) in [6.45, 7) is 5.90. The fraction of sp³-hybridized carbons (Fsp3) is 0.667. The number of rotatable bonds is 10. The van der Waals surface area contributed by atoms with Crippen LogP contribution in [0.5, 0.6) is 0 Å². The third-order valence-corrected chi connectivity index (χ3v) is 4.18. The van der Waals surface area contributed by atoms with E-state index < -0.39 is 0 Å². The molecular weight excluding hydrogens is 276 g/mol. The number of aliphatic hydroxyl groups excluding tert-OH is 1. The summed E-state index contributed by atoms with van der Waals surface area (Å²) < 4.78 is 5.51. The van der Waals surface area contributed by atoms with Crippen LogP contribution in [-0.4, -0.2) is 56.0 Å². The fourth-order valence-electron chi connectivity index (χ4n) is 2.95. The zero-order valence-electron chi connectivity index (χ0n) is 13.5. The molecule has 1 fully saturated rings. The Morgan fingerprint density at radius 3 is 2.59 bits per heavy atom. The first-order chi connectivity index (χ1) is 10.9. The number of hydrogen-bond donors (Lipinski definition) is 2. The Labute approximate surface area is 134 Å². The maximum atomic E-state index is 8.74. The van der Waals surface area contributed by atoms with Gasteiger partial charge in [-0.05, 0) is 37.9 Å². The van der Waals surface area contributed by atoms with Crippen molar-refractivity contribution in [1.29, 1.82) is 0 Å². The molecule has 1 aliphatic heterocycles. The lowest BCUT2D eigenvalue weighted by molar-refractivity contribution is 0.113. The van der Waals surface area contributed by atoms with Crippen LogP contribution in [-0.2, 0) is 4.74 Å². The van der Waals surface area contributed by atoms with E-state index in [0.717, 1.165) is 19.5 Å². The van der Waals surface area contributed by atoms with Crippen LogP contribution in [0.15, 0.2) is 30.3 Å². The highest BCUT2D eigenvalue weighted by atomic mass is 16.5. The molecule has 0 bridgehead atoms. The summed E-state index contributed by atoms with van der Waals surface area (Å²) in [5.41, 5.74) is 1.35. The molecule has 0 spiro atoms. The minimum absolute atomic E-state index is 0.203. The third-order valence-electron chi connectivity index (χ3n) is 4.18. The molecule has 22 heavy (non-hydrogen) atoms. The van der Waals surface area contributed by atoms with Crippen LogP contribution in [0.1, 0.15) is 37.3 Å². The van der Waals surface area contributed by atoms with Gasteiger partial charge in [-0.25, -0.2) is 0 Å². The highest BCUT2D eigenvalue weighted by molar-refractivity contribution is 5.19. The number of likely N-dealkylation sites (tertiary alicyclic amines) is 1. The van der Waals surface area contributed by atoms with E-state index in [1.807, 2.05) is 0 Å². The molecule has 1 aliphatic rings. The molecule has 4 nitrogen and oxygen atoms in total. The summed E-state index contributed by atoms with van der Waals surface area (Å²) in [6, 6.07) is 11.1. The summed E-state index contributed by atoms with van der Waals surface area (Å²) in [7, 11) is 0. The summed E-state index contributed by atoms with van der Waals surface area (Å²) in [6.07, 6.45) is 4.74. The van der Waals surface area contributed by atoms with Crippen LogP contribution in [0.25, 0.3) is 0 Å². The predicted molar refractivity (Wildman–Crippen MR) is 90.0 cm³/mol. The van der Waals surface area contributed by atoms with Gasteiger partial charge in [0.25, 0.3) is 0 Å². The Hall–Kier alpha value is -0.940. The van der Waals surface area contributed by atoms with Crippen LogP contribution < -0.4 is 5.32 Å². The van der Waals surface area contributed by atoms with Crippen molar-refractivity contribution in [3.8, 4) is 0 Å². The monoisotopic (exact) mass is 306 g/mol. The minimum Gasteiger partial charge on any atom is -0.396 e. The van der Waals surface area contributed by atoms with Crippen molar-refractivity contribution in [2.45, 2.75) is 31.7 Å². The minimum atomic E-state index is 0.203. The first-order valence-electron chi connectivity index (χ1n) is 8.59. The predicted octanol–water partition coefficient (Wildman–Crippen LogP) is 2.20. The van der Waals surface area contributed by atoms with Crippen molar-refractivity contribution >= 4 is 0 Å². The molecule has 0 amide bonds. The number of piperidine rings is 1. The van der Waals surface area contributed by atoms with Gasteiger partial charge in [0.05, 0.1) is 6.61 Å². The van der Waals surface area contributed by atoms with E-state index in [4.69, 9.17) is 9.84 Å². The number of hydrogen-bond acceptors (Lipinski definition) is 4. The summed E-state index contributed by atoms with van der Waals surface area (Å²) in [5.74, 6) is 0. The molecule has 1 aromatic carbocycles. The molecule has 2 rings (SSSR count). The Morgan fingerprint density at radius 1 is 1.09 bits per heavy atom. The second-order valence-corrected chi connectivity index (χ2v) is 5.97. The fourth-order valence-corrected chi connectivity index (χ4v) is 2.95. The van der Waals surface area contributed by atoms with Gasteiger partial charge in [0.2, 0.25) is 0 Å². The summed E-state index contributed by atoms with van der Waals surface area (Å²) >= 11 is 0. The van der Waals surface area contributed by atoms with Gasteiger partial charge < -0.3 is 20.1 Å². The lowest BCUT2D eigenvalue weighted by Crippen LogP contribution is -2.39. The molecular formula is C18H30N2O2. The molecule has 0 radical (unpaired) electrons. The first kappa shape index (κ1) is 17.4. The van der Waals surface area contributed by atoms with Crippen molar-refractivity contribution in [2.24, 2.45) is 0 Å². The standard InChI is InChI=1S/C18H30N2O2/c21-13-7-14-22-15-10-19-18(17-8-3-1-4-9-17)16-20-11-5-2-6-12-20/h1,3-4,8-9,18-19,21H,2,5-7,10-16H2/t18-/m0/s1. The molecule has 0 aliphatic carbocycles. The largest absolute Gasteiger partial charge is 0.396 e. The smallest absolute Gasteiger partial charge is 0.0591 e. The number of nitrogens with one attached hydrogen (secondary N) is 1. The van der Waals surface area contributed by atoms with Gasteiger partial charge in [-0.3, -0.25) is 0 Å². The van der Waals surface area contributed by atoms with E-state index in [2.05, 4.69) is 40.5 Å². The third kappa shape index (κ3) is 6.44. The van der Waals surface area contributed by atoms with Crippen LogP contribution >= 0.6 is 0 Å². The van der Waals surface area contributed by atoms with Crippen LogP contribution in [0.2, 0.25) is 0 Å². The van der Waals surface area contributed by atoms with E-state index in [1.165, 1.54) is 37.9 Å². The van der Waals surface area contributed by atoms with Crippen LogP contribution in [0, 0.1) is 0 Å². The Balaban J connectivity index is 1.79. The topological polar surface area (TPSA) is 44.7 Å². The maximum absolute atomic E-state index is 8.74. The van der Waals surface area contributed by atoms with Crippen molar-refractivity contribution in [1.82, 2.24) is 10.2 Å². The maximum Gasteiger partial charge on any atom is 0.0591 e. The summed E-state index contributed by atoms with van der Waals surface area (Å²) in [5, 5.41) is 12.4. The number of nitrogens with zero attached hydrogens (tertiary/aromatic N) is 1. The van der Waals surface area contributed by atoms with Crippen LogP contribution in [0.4, 0.5) is 0 Å². The van der Waals surface area contributed by atoms with E-state index >= 15 is 0 Å². The van der Waals surface area contributed by atoms with E-state index in [1.54, 1.807) is 0 Å². The number of aliphatic hydroxyl groups is 1. The molecule has 124 valence electrons. The van der Waals surface area contributed by atoms with Gasteiger partial charge in [0.1, 0.15) is 0 Å². The van der Waals surface area contributed by atoms with Gasteiger partial charge in [-0.15, -0.1) is 0 Å². The SMILES string of the molecule is OCCCOCCN[C@@H](CN1CCCCC1)c1ccccc1. The molecule has 1 atom stereocenters. The average Bonchev–Trinajstić information content (AvgIpc) is 2.58. The average molecular weight is 306 g/mol. The van der Waals surface area contributed by atoms with E-state index in [9.17, 15) is 0 Å². The quantitative estimate of drug-likeness (QED) is 0.651. The molecule has 0 unspecified atom stereocenters. The first-order valence-corrected chi connectivity index (χ1v) is 8.59. The summed E-state index contributed by atoms with van der Waals surface area (Å²) in [4.78, 5) is 2.57. The van der Waals surface area contributed by atoms with E-state index in [-0.39, 0.29) is 6.61 Å². The van der Waals surface area contributed by atoms with Crippen molar-refractivity contribution in [2.75, 3.05) is 46.0 Å². The van der Waals surface area contributed by atoms with Crippen molar-refractivity contribution in [3.63, 3.8) is 0 Å². The lowest BCUT2D eigenvalue weighted by atomic mass is 10.0. The Bertz CT molecular complexity index is 380. The zero-order chi connectivity index (χ0) is 15.5. The normalized spacial score (nSPS) is 17.5. The lowest BCUT2D eigenvalue weighted by Gasteiger charge is -2.31. The zero-order valence-corrected chi connectivity index (χ0v) is 13.5. The van der Waals surface area contributed by atoms with Gasteiger partial charge in [0.15, 0.2) is 0 Å². The molecule has 1 heterocycles. The highest BCUT2D eigenvalue weighted by Crippen LogP contribution is 2.17. The molecule has 0 aromatic heterocycles. The number of ether oxygens (including phenoxy) is 1. The van der Waals surface area contributed by atoms with Gasteiger partial charge in [-0.1, -0.05) is 36.8 Å². The molecule has 4 heteroatoms. The van der Waals surface area contributed by atoms with E-state index in [0.29, 0.717) is 19.3 Å². The van der Waals surface area contributed by atoms with Crippen molar-refractivity contribution in [3.05, 3.63) is 35.9 Å². The van der Waals surface area contributed by atoms with Crippen LogP contribution in [0.3, 0.4) is 0 Å². The Morgan fingerprint density at radius 2 is 1.86 bits per heavy atom. The van der Waals surface area contributed by atoms with Gasteiger partial charge in [-0.2, -0.15) is 0 Å².